The zero-order chi connectivity index (χ0) is 13.4. The van der Waals surface area contributed by atoms with E-state index in [4.69, 9.17) is 10.3 Å². The normalized spacial score (nSPS) is 10.8. The van der Waals surface area contributed by atoms with Crippen molar-refractivity contribution in [1.82, 2.24) is 19.7 Å². The van der Waals surface area contributed by atoms with Gasteiger partial charge in [0, 0.05) is 25.1 Å². The summed E-state index contributed by atoms with van der Waals surface area (Å²) >= 11 is 0. The molecule has 0 amide bonds. The van der Waals surface area contributed by atoms with E-state index in [9.17, 15) is 4.39 Å². The number of hydrogen-bond acceptors (Lipinski definition) is 5. The van der Waals surface area contributed by atoms with Gasteiger partial charge in [-0.2, -0.15) is 4.98 Å². The van der Waals surface area contributed by atoms with Crippen LogP contribution in [0.1, 0.15) is 0 Å². The third-order valence-corrected chi connectivity index (χ3v) is 2.71. The molecule has 96 valence electrons. The van der Waals surface area contributed by atoms with Crippen molar-refractivity contribution in [2.75, 3.05) is 5.73 Å². The van der Waals surface area contributed by atoms with Crippen molar-refractivity contribution in [3.63, 3.8) is 0 Å². The molecule has 0 unspecified atom stereocenters. The minimum Gasteiger partial charge on any atom is -0.398 e. The number of hydrogen-bond donors (Lipinski definition) is 1. The second kappa shape index (κ2) is 4.20. The van der Waals surface area contributed by atoms with Crippen molar-refractivity contribution in [2.45, 2.75) is 0 Å². The van der Waals surface area contributed by atoms with E-state index in [-0.39, 0.29) is 23.0 Å². The third-order valence-electron chi connectivity index (χ3n) is 2.71. The average Bonchev–Trinajstić information content (AvgIpc) is 2.98. The molecule has 0 radical (unpaired) electrons. The molecule has 0 spiro atoms. The predicted molar refractivity (Wildman–Crippen MR) is 66.3 cm³/mol. The van der Waals surface area contributed by atoms with Crippen molar-refractivity contribution < 1.29 is 8.91 Å². The highest BCUT2D eigenvalue weighted by atomic mass is 19.1. The summed E-state index contributed by atoms with van der Waals surface area (Å²) in [6, 6.07) is 4.38. The van der Waals surface area contributed by atoms with Gasteiger partial charge in [0.25, 0.3) is 5.89 Å². The Morgan fingerprint density at radius 3 is 2.89 bits per heavy atom. The van der Waals surface area contributed by atoms with Crippen LogP contribution in [0.3, 0.4) is 0 Å². The van der Waals surface area contributed by atoms with E-state index < -0.39 is 5.82 Å². The number of imidazole rings is 1. The number of nitrogens with two attached hydrogens (primary N) is 1. The molecular weight excluding hydrogens is 249 g/mol. The smallest absolute Gasteiger partial charge is 0.263 e. The standard InChI is InChI=1S/C12H10FN5O/c1-18-6-5-15-11(18)10-16-12(19-17-10)9-7(13)3-2-4-8(9)14/h2-6H,14H2,1H3. The molecule has 19 heavy (non-hydrogen) atoms. The van der Waals surface area contributed by atoms with Crippen LogP contribution in [0.4, 0.5) is 10.1 Å². The summed E-state index contributed by atoms with van der Waals surface area (Å²) in [7, 11) is 1.80. The molecule has 0 aliphatic rings. The summed E-state index contributed by atoms with van der Waals surface area (Å²) in [4.78, 5) is 8.22. The molecule has 3 aromatic rings. The van der Waals surface area contributed by atoms with E-state index in [2.05, 4.69) is 15.1 Å². The topological polar surface area (TPSA) is 82.8 Å². The van der Waals surface area contributed by atoms with Crippen LogP contribution in [0.15, 0.2) is 35.1 Å². The van der Waals surface area contributed by atoms with Crippen LogP contribution in [-0.2, 0) is 7.05 Å². The van der Waals surface area contributed by atoms with Crippen molar-refractivity contribution in [3.05, 3.63) is 36.4 Å². The van der Waals surface area contributed by atoms with Crippen LogP contribution in [-0.4, -0.2) is 19.7 Å². The Kier molecular flexibility index (Phi) is 2.52. The quantitative estimate of drug-likeness (QED) is 0.710. The van der Waals surface area contributed by atoms with Gasteiger partial charge in [0.15, 0.2) is 5.82 Å². The van der Waals surface area contributed by atoms with Gasteiger partial charge in [-0.3, -0.25) is 0 Å². The Bertz CT molecular complexity index is 713. The fourth-order valence-electron chi connectivity index (χ4n) is 1.76. The number of benzene rings is 1. The van der Waals surface area contributed by atoms with Gasteiger partial charge in [-0.05, 0) is 12.1 Å². The summed E-state index contributed by atoms with van der Waals surface area (Å²) in [6.45, 7) is 0. The number of anilines is 1. The first-order valence-corrected chi connectivity index (χ1v) is 5.52. The third kappa shape index (κ3) is 1.85. The maximum Gasteiger partial charge on any atom is 0.263 e. The first-order chi connectivity index (χ1) is 9.16. The molecule has 3 rings (SSSR count). The van der Waals surface area contributed by atoms with Gasteiger partial charge in [0.1, 0.15) is 5.82 Å². The van der Waals surface area contributed by atoms with Crippen molar-refractivity contribution in [3.8, 4) is 23.1 Å². The molecule has 0 saturated heterocycles. The fourth-order valence-corrected chi connectivity index (χ4v) is 1.76. The monoisotopic (exact) mass is 259 g/mol. The molecule has 0 fully saturated rings. The highest BCUT2D eigenvalue weighted by molar-refractivity contribution is 5.71. The summed E-state index contributed by atoms with van der Waals surface area (Å²) < 4.78 is 20.5. The molecule has 0 bridgehead atoms. The number of nitrogens with zero attached hydrogens (tertiary/aromatic N) is 4. The molecule has 6 nitrogen and oxygen atoms in total. The van der Waals surface area contributed by atoms with Gasteiger partial charge in [0.05, 0.1) is 5.56 Å². The van der Waals surface area contributed by atoms with E-state index in [0.717, 1.165) is 0 Å². The van der Waals surface area contributed by atoms with Crippen LogP contribution in [0, 0.1) is 5.82 Å². The Balaban J connectivity index is 2.10. The molecule has 1 aromatic carbocycles. The Hall–Kier alpha value is -2.70. The number of nitrogen functional groups attached to an aromatic ring is 1. The Morgan fingerprint density at radius 1 is 1.37 bits per heavy atom. The lowest BCUT2D eigenvalue weighted by Crippen LogP contribution is -1.95. The van der Waals surface area contributed by atoms with E-state index in [1.165, 1.54) is 12.1 Å². The predicted octanol–water partition coefficient (Wildman–Crippen LogP) is 1.86. The first kappa shape index (κ1) is 11.4. The zero-order valence-corrected chi connectivity index (χ0v) is 10.0. The van der Waals surface area contributed by atoms with Gasteiger partial charge in [0.2, 0.25) is 5.82 Å². The number of halogens is 1. The average molecular weight is 259 g/mol. The number of rotatable bonds is 2. The summed E-state index contributed by atoms with van der Waals surface area (Å²) in [5.41, 5.74) is 6.07. The highest BCUT2D eigenvalue weighted by Gasteiger charge is 2.18. The largest absolute Gasteiger partial charge is 0.398 e. The molecule has 2 N–H and O–H groups in total. The molecule has 0 aliphatic heterocycles. The van der Waals surface area contributed by atoms with Crippen molar-refractivity contribution in [2.24, 2.45) is 7.05 Å². The van der Waals surface area contributed by atoms with E-state index >= 15 is 0 Å². The lowest BCUT2D eigenvalue weighted by atomic mass is 10.1. The van der Waals surface area contributed by atoms with E-state index in [0.29, 0.717) is 5.82 Å². The molecule has 0 aliphatic carbocycles. The van der Waals surface area contributed by atoms with Crippen molar-refractivity contribution in [1.29, 1.82) is 0 Å². The van der Waals surface area contributed by atoms with Crippen molar-refractivity contribution >= 4 is 5.69 Å². The zero-order valence-electron chi connectivity index (χ0n) is 10.0. The second-order valence-corrected chi connectivity index (χ2v) is 3.99. The number of aromatic nitrogens is 4. The second-order valence-electron chi connectivity index (χ2n) is 3.99. The van der Waals surface area contributed by atoms with Crippen LogP contribution >= 0.6 is 0 Å². The Labute approximate surface area is 107 Å². The Morgan fingerprint density at radius 2 is 2.21 bits per heavy atom. The van der Waals surface area contributed by atoms with Gasteiger partial charge < -0.3 is 14.8 Å². The number of aryl methyl sites for hydroxylation is 1. The molecule has 2 heterocycles. The highest BCUT2D eigenvalue weighted by Crippen LogP contribution is 2.28. The van der Waals surface area contributed by atoms with Gasteiger partial charge in [-0.15, -0.1) is 0 Å². The molecule has 0 saturated carbocycles. The fraction of sp³-hybridized carbons (Fsp3) is 0.0833. The summed E-state index contributed by atoms with van der Waals surface area (Å²) in [6.07, 6.45) is 3.37. The molecule has 2 aromatic heterocycles. The van der Waals surface area contributed by atoms with Crippen LogP contribution < -0.4 is 5.73 Å². The first-order valence-electron chi connectivity index (χ1n) is 5.52. The SMILES string of the molecule is Cn1ccnc1-c1noc(-c2c(N)cccc2F)n1. The summed E-state index contributed by atoms with van der Waals surface area (Å²) in [5.74, 6) is 0.346. The van der Waals surface area contributed by atoms with Crippen LogP contribution in [0.5, 0.6) is 0 Å². The van der Waals surface area contributed by atoms with Gasteiger partial charge >= 0.3 is 0 Å². The molecule has 0 atom stereocenters. The maximum absolute atomic E-state index is 13.7. The lowest BCUT2D eigenvalue weighted by Gasteiger charge is -2.00. The van der Waals surface area contributed by atoms with E-state index in [1.54, 1.807) is 30.1 Å². The molecule has 7 heteroatoms. The minimum atomic E-state index is -0.505. The van der Waals surface area contributed by atoms with Gasteiger partial charge in [-0.25, -0.2) is 9.37 Å². The van der Waals surface area contributed by atoms with Crippen LogP contribution in [0.2, 0.25) is 0 Å². The minimum absolute atomic E-state index is 0.0357. The maximum atomic E-state index is 13.7. The van der Waals surface area contributed by atoms with Crippen LogP contribution in [0.25, 0.3) is 23.1 Å². The summed E-state index contributed by atoms with van der Waals surface area (Å²) in [5, 5.41) is 3.79. The lowest BCUT2D eigenvalue weighted by molar-refractivity contribution is 0.429. The molecular formula is C12H10FN5O. The van der Waals surface area contributed by atoms with E-state index in [1.807, 2.05) is 0 Å². The van der Waals surface area contributed by atoms with Gasteiger partial charge in [-0.1, -0.05) is 11.2 Å².